The van der Waals surface area contributed by atoms with E-state index < -0.39 is 10.2 Å². The number of rotatable bonds is 6. The zero-order chi connectivity index (χ0) is 18.4. The summed E-state index contributed by atoms with van der Waals surface area (Å²) in [5.74, 6) is -0.252. The topological polar surface area (TPSA) is 69.7 Å². The predicted molar refractivity (Wildman–Crippen MR) is 101 cm³/mol. The summed E-state index contributed by atoms with van der Waals surface area (Å²) in [7, 11) is -0.798. The molecule has 0 radical (unpaired) electrons. The third-order valence-electron chi connectivity index (χ3n) is 4.57. The number of anilines is 1. The molecule has 0 unspecified atom stereocenters. The molecule has 7 heteroatoms. The Bertz CT molecular complexity index is 663. The molecule has 140 valence electrons. The minimum Gasteiger partial charge on any atom is -0.352 e. The molecule has 0 heterocycles. The van der Waals surface area contributed by atoms with E-state index in [1.807, 2.05) is 19.1 Å². The van der Waals surface area contributed by atoms with E-state index in [9.17, 15) is 13.2 Å². The zero-order valence-electron chi connectivity index (χ0n) is 15.4. The van der Waals surface area contributed by atoms with Gasteiger partial charge in [0.15, 0.2) is 0 Å². The van der Waals surface area contributed by atoms with Gasteiger partial charge in [-0.05, 0) is 31.9 Å². The van der Waals surface area contributed by atoms with Gasteiger partial charge in [0, 0.05) is 20.1 Å². The molecular weight excluding hydrogens is 338 g/mol. The lowest BCUT2D eigenvalue weighted by Gasteiger charge is -2.28. The Balaban J connectivity index is 2.15. The van der Waals surface area contributed by atoms with Crippen molar-refractivity contribution in [1.82, 2.24) is 9.62 Å². The lowest BCUT2D eigenvalue weighted by atomic mass is 10.1. The summed E-state index contributed by atoms with van der Waals surface area (Å²) in [5.41, 5.74) is 1.53. The van der Waals surface area contributed by atoms with Gasteiger partial charge in [-0.3, -0.25) is 4.79 Å². The number of hydrogen-bond acceptors (Lipinski definition) is 3. The third-order valence-corrected chi connectivity index (χ3v) is 6.39. The SMILES string of the molecule is Cc1ccc(N(CC(=O)NC2CCCCCC2)S(=O)(=O)N(C)C)cc1. The van der Waals surface area contributed by atoms with Gasteiger partial charge in [0.1, 0.15) is 6.54 Å². The van der Waals surface area contributed by atoms with E-state index in [1.165, 1.54) is 31.2 Å². The van der Waals surface area contributed by atoms with Crippen LogP contribution in [0.3, 0.4) is 0 Å². The Labute approximate surface area is 151 Å². The molecule has 1 saturated carbocycles. The van der Waals surface area contributed by atoms with Crippen LogP contribution >= 0.6 is 0 Å². The smallest absolute Gasteiger partial charge is 0.304 e. The normalized spacial score (nSPS) is 16.5. The molecule has 0 bridgehead atoms. The highest BCUT2D eigenvalue weighted by molar-refractivity contribution is 7.90. The van der Waals surface area contributed by atoms with Crippen LogP contribution in [0.1, 0.15) is 44.1 Å². The zero-order valence-corrected chi connectivity index (χ0v) is 16.2. The van der Waals surface area contributed by atoms with Crippen molar-refractivity contribution in [1.29, 1.82) is 0 Å². The van der Waals surface area contributed by atoms with Crippen molar-refractivity contribution in [2.75, 3.05) is 24.9 Å². The highest BCUT2D eigenvalue weighted by atomic mass is 32.2. The highest BCUT2D eigenvalue weighted by Gasteiger charge is 2.28. The van der Waals surface area contributed by atoms with Gasteiger partial charge in [-0.15, -0.1) is 0 Å². The van der Waals surface area contributed by atoms with E-state index >= 15 is 0 Å². The second kappa shape index (κ2) is 8.67. The molecule has 1 N–H and O–H groups in total. The van der Waals surface area contributed by atoms with Crippen LogP contribution in [-0.4, -0.2) is 45.3 Å². The summed E-state index contributed by atoms with van der Waals surface area (Å²) >= 11 is 0. The van der Waals surface area contributed by atoms with Crippen molar-refractivity contribution >= 4 is 21.8 Å². The van der Waals surface area contributed by atoms with Gasteiger partial charge < -0.3 is 5.32 Å². The van der Waals surface area contributed by atoms with E-state index in [0.29, 0.717) is 5.69 Å². The first-order valence-corrected chi connectivity index (χ1v) is 10.3. The molecule has 0 aromatic heterocycles. The number of hydrogen-bond donors (Lipinski definition) is 1. The second-order valence-corrected chi connectivity index (χ2v) is 8.96. The quantitative estimate of drug-likeness (QED) is 0.785. The minimum absolute atomic E-state index is 0.150. The molecule has 1 aliphatic carbocycles. The fraction of sp³-hybridized carbons (Fsp3) is 0.611. The molecule has 0 atom stereocenters. The molecule has 2 rings (SSSR count). The minimum atomic E-state index is -3.74. The lowest BCUT2D eigenvalue weighted by Crippen LogP contribution is -2.47. The van der Waals surface area contributed by atoms with Crippen molar-refractivity contribution in [3.8, 4) is 0 Å². The van der Waals surface area contributed by atoms with Crippen molar-refractivity contribution in [3.63, 3.8) is 0 Å². The van der Waals surface area contributed by atoms with Crippen molar-refractivity contribution in [2.45, 2.75) is 51.5 Å². The number of carbonyl (C=O) groups excluding carboxylic acids is 1. The molecule has 6 nitrogen and oxygen atoms in total. The van der Waals surface area contributed by atoms with Crippen molar-refractivity contribution in [2.24, 2.45) is 0 Å². The summed E-state index contributed by atoms with van der Waals surface area (Å²) < 4.78 is 27.6. The fourth-order valence-electron chi connectivity index (χ4n) is 3.04. The maximum atomic E-state index is 12.7. The predicted octanol–water partition coefficient (Wildman–Crippen LogP) is 2.45. The summed E-state index contributed by atoms with van der Waals surface area (Å²) in [5, 5.41) is 3.02. The Morgan fingerprint density at radius 3 is 2.16 bits per heavy atom. The summed E-state index contributed by atoms with van der Waals surface area (Å²) in [6.07, 6.45) is 6.58. The largest absolute Gasteiger partial charge is 0.352 e. The molecule has 1 aromatic rings. The highest BCUT2D eigenvalue weighted by Crippen LogP contribution is 2.21. The number of aryl methyl sites for hydroxylation is 1. The van der Waals surface area contributed by atoms with Gasteiger partial charge in [0.05, 0.1) is 5.69 Å². The Hall–Kier alpha value is -1.60. The third kappa shape index (κ3) is 5.44. The van der Waals surface area contributed by atoms with Crippen LogP contribution in [0.25, 0.3) is 0 Å². The summed E-state index contributed by atoms with van der Waals surface area (Å²) in [6.45, 7) is 1.73. The lowest BCUT2D eigenvalue weighted by molar-refractivity contribution is -0.120. The second-order valence-electron chi connectivity index (χ2n) is 6.89. The monoisotopic (exact) mass is 367 g/mol. The average molecular weight is 368 g/mol. The van der Waals surface area contributed by atoms with Gasteiger partial charge in [0.25, 0.3) is 0 Å². The Morgan fingerprint density at radius 2 is 1.64 bits per heavy atom. The first-order chi connectivity index (χ1) is 11.8. The van der Waals surface area contributed by atoms with Crippen LogP contribution in [0.2, 0.25) is 0 Å². The van der Waals surface area contributed by atoms with Gasteiger partial charge in [-0.1, -0.05) is 43.4 Å². The van der Waals surface area contributed by atoms with Gasteiger partial charge in [0.2, 0.25) is 5.91 Å². The molecule has 1 fully saturated rings. The van der Waals surface area contributed by atoms with Gasteiger partial charge in [-0.25, -0.2) is 4.31 Å². The van der Waals surface area contributed by atoms with E-state index in [-0.39, 0.29) is 18.5 Å². The van der Waals surface area contributed by atoms with Crippen LogP contribution in [0.15, 0.2) is 24.3 Å². The van der Waals surface area contributed by atoms with E-state index in [0.717, 1.165) is 35.6 Å². The molecule has 0 spiro atoms. The van der Waals surface area contributed by atoms with Crippen molar-refractivity contribution in [3.05, 3.63) is 29.8 Å². The number of nitrogens with one attached hydrogen (secondary N) is 1. The number of benzene rings is 1. The van der Waals surface area contributed by atoms with Crippen LogP contribution in [0.4, 0.5) is 5.69 Å². The Morgan fingerprint density at radius 1 is 1.08 bits per heavy atom. The van der Waals surface area contributed by atoms with Gasteiger partial charge in [-0.2, -0.15) is 12.7 Å². The molecular formula is C18H29N3O3S. The molecule has 1 aromatic carbocycles. The Kier molecular flexibility index (Phi) is 6.84. The standard InChI is InChI=1S/C18H29N3O3S/c1-15-10-12-17(13-11-15)21(25(23,24)20(2)3)14-18(22)19-16-8-6-4-5-7-9-16/h10-13,16H,4-9,14H2,1-3H3,(H,19,22). The van der Waals surface area contributed by atoms with Crippen LogP contribution in [-0.2, 0) is 15.0 Å². The van der Waals surface area contributed by atoms with Crippen LogP contribution in [0, 0.1) is 6.92 Å². The molecule has 0 aliphatic heterocycles. The molecule has 1 amide bonds. The summed E-state index contributed by atoms with van der Waals surface area (Å²) in [4.78, 5) is 12.5. The first kappa shape index (κ1) is 19.7. The molecule has 25 heavy (non-hydrogen) atoms. The fourth-order valence-corrected chi connectivity index (χ4v) is 4.10. The summed E-state index contributed by atoms with van der Waals surface area (Å²) in [6, 6.07) is 7.30. The average Bonchev–Trinajstić information content (AvgIpc) is 2.82. The van der Waals surface area contributed by atoms with E-state index in [1.54, 1.807) is 12.1 Å². The molecule has 1 aliphatic rings. The van der Waals surface area contributed by atoms with Gasteiger partial charge >= 0.3 is 10.2 Å². The van der Waals surface area contributed by atoms with E-state index in [2.05, 4.69) is 5.32 Å². The molecule has 0 saturated heterocycles. The number of carbonyl (C=O) groups is 1. The maximum Gasteiger partial charge on any atom is 0.304 e. The van der Waals surface area contributed by atoms with E-state index in [4.69, 9.17) is 0 Å². The first-order valence-electron chi connectivity index (χ1n) is 8.87. The number of amides is 1. The van der Waals surface area contributed by atoms with Crippen LogP contribution in [0.5, 0.6) is 0 Å². The maximum absolute atomic E-state index is 12.7. The van der Waals surface area contributed by atoms with Crippen LogP contribution < -0.4 is 9.62 Å². The number of nitrogens with zero attached hydrogens (tertiary/aromatic N) is 2. The van der Waals surface area contributed by atoms with Crippen molar-refractivity contribution < 1.29 is 13.2 Å².